The summed E-state index contributed by atoms with van der Waals surface area (Å²) < 4.78 is 10.8. The zero-order valence-electron chi connectivity index (χ0n) is 9.64. The van der Waals surface area contributed by atoms with Gasteiger partial charge >= 0.3 is 5.88 Å². The molecule has 0 bridgehead atoms. The Hall–Kier alpha value is -2.10. The highest BCUT2D eigenvalue weighted by molar-refractivity contribution is 5.96. The summed E-state index contributed by atoms with van der Waals surface area (Å²) in [6, 6.07) is 5.96. The molecular formula is C13H13N2O2+. The van der Waals surface area contributed by atoms with Gasteiger partial charge in [-0.15, -0.1) is 0 Å². The molecule has 1 aromatic carbocycles. The molecule has 17 heavy (non-hydrogen) atoms. The molecule has 1 aliphatic heterocycles. The van der Waals surface area contributed by atoms with Gasteiger partial charge in [0.2, 0.25) is 0 Å². The van der Waals surface area contributed by atoms with E-state index in [1.165, 1.54) is 0 Å². The van der Waals surface area contributed by atoms with E-state index in [0.717, 1.165) is 28.8 Å². The maximum Gasteiger partial charge on any atom is 0.459 e. The molecule has 0 saturated heterocycles. The molecule has 0 radical (unpaired) electrons. The van der Waals surface area contributed by atoms with Crippen LogP contribution in [0.5, 0.6) is 11.6 Å². The lowest BCUT2D eigenvalue weighted by atomic mass is 10.1. The first-order chi connectivity index (χ1) is 8.31. The Morgan fingerprint density at radius 3 is 3.06 bits per heavy atom. The largest absolute Gasteiger partial charge is 0.489 e. The fourth-order valence-electron chi connectivity index (χ4n) is 2.16. The molecular weight excluding hydrogens is 216 g/mol. The molecule has 3 rings (SSSR count). The van der Waals surface area contributed by atoms with Gasteiger partial charge < -0.3 is 9.64 Å². The lowest BCUT2D eigenvalue weighted by molar-refractivity contribution is -0.358. The average molecular weight is 229 g/mol. The van der Waals surface area contributed by atoms with Gasteiger partial charge in [0.15, 0.2) is 5.75 Å². The highest BCUT2D eigenvalue weighted by Crippen LogP contribution is 2.39. The Balaban J connectivity index is 2.35. The number of anilines is 1. The van der Waals surface area contributed by atoms with Crippen LogP contribution in [0.25, 0.3) is 10.8 Å². The molecule has 0 aliphatic carbocycles. The minimum absolute atomic E-state index is 0.530. The minimum atomic E-state index is 0.530. The van der Waals surface area contributed by atoms with Crippen LogP contribution in [-0.2, 0) is 4.42 Å². The van der Waals surface area contributed by atoms with Crippen molar-refractivity contribution in [2.75, 3.05) is 25.1 Å². The van der Waals surface area contributed by atoms with E-state index in [-0.39, 0.29) is 0 Å². The highest BCUT2D eigenvalue weighted by Gasteiger charge is 2.21. The fraction of sp³-hybridized carbons (Fsp3) is 0.231. The molecule has 4 nitrogen and oxygen atoms in total. The fourth-order valence-corrected chi connectivity index (χ4v) is 2.16. The molecule has 0 N–H and O–H groups in total. The van der Waals surface area contributed by atoms with E-state index < -0.39 is 0 Å². The molecule has 0 unspecified atom stereocenters. The molecule has 86 valence electrons. The Morgan fingerprint density at radius 2 is 2.24 bits per heavy atom. The Morgan fingerprint density at radius 1 is 1.35 bits per heavy atom. The Kier molecular flexibility index (Phi) is 2.21. The smallest absolute Gasteiger partial charge is 0.459 e. The van der Waals surface area contributed by atoms with E-state index in [2.05, 4.69) is 23.7 Å². The summed E-state index contributed by atoms with van der Waals surface area (Å²) >= 11 is 0. The number of pyridine rings is 1. The molecule has 2 aromatic rings. The number of aromatic nitrogens is 1. The van der Waals surface area contributed by atoms with Gasteiger partial charge in [0.05, 0.1) is 12.2 Å². The molecule has 0 amide bonds. The first kappa shape index (κ1) is 10.1. The van der Waals surface area contributed by atoms with Crippen LogP contribution in [0.4, 0.5) is 5.69 Å². The van der Waals surface area contributed by atoms with Crippen molar-refractivity contribution >= 4 is 23.2 Å². The van der Waals surface area contributed by atoms with Crippen LogP contribution >= 0.6 is 0 Å². The van der Waals surface area contributed by atoms with Gasteiger partial charge in [0.1, 0.15) is 12.0 Å². The van der Waals surface area contributed by atoms with Crippen LogP contribution in [0.1, 0.15) is 0 Å². The second-order valence-corrected chi connectivity index (χ2v) is 4.04. The zero-order valence-corrected chi connectivity index (χ0v) is 9.64. The summed E-state index contributed by atoms with van der Waals surface area (Å²) in [5.41, 5.74) is 1.10. The molecule has 1 aromatic heterocycles. The first-order valence-electron chi connectivity index (χ1n) is 5.49. The molecule has 0 atom stereocenters. The number of ether oxygens (including phenoxy) is 1. The van der Waals surface area contributed by atoms with Crippen molar-refractivity contribution < 1.29 is 9.16 Å². The number of rotatable bonds is 1. The van der Waals surface area contributed by atoms with E-state index in [0.29, 0.717) is 12.5 Å². The number of fused-ring (bicyclic) bond motifs is 3. The van der Waals surface area contributed by atoms with Gasteiger partial charge in [0, 0.05) is 18.6 Å². The van der Waals surface area contributed by atoms with Crippen molar-refractivity contribution in [3.63, 3.8) is 0 Å². The number of benzene rings is 1. The monoisotopic (exact) mass is 229 g/mol. The SMILES string of the molecule is C=[O+]c1nccc2c3c(ccc12)N(C)CCO3. The normalized spacial score (nSPS) is 14.3. The summed E-state index contributed by atoms with van der Waals surface area (Å²) in [5.74, 6) is 1.43. The summed E-state index contributed by atoms with van der Waals surface area (Å²) in [6.07, 6.45) is 1.71. The lowest BCUT2D eigenvalue weighted by Gasteiger charge is -2.28. The van der Waals surface area contributed by atoms with Crippen LogP contribution in [-0.4, -0.2) is 32.0 Å². The lowest BCUT2D eigenvalue weighted by Crippen LogP contribution is -2.28. The van der Waals surface area contributed by atoms with Crippen LogP contribution in [0.2, 0.25) is 0 Å². The molecule has 0 saturated carbocycles. The summed E-state index contributed by atoms with van der Waals surface area (Å²) in [5, 5.41) is 1.94. The maximum atomic E-state index is 5.76. The first-order valence-corrected chi connectivity index (χ1v) is 5.49. The number of hydrogen-bond donors (Lipinski definition) is 0. The van der Waals surface area contributed by atoms with Gasteiger partial charge in [-0.3, -0.25) is 0 Å². The molecule has 2 heterocycles. The zero-order chi connectivity index (χ0) is 11.8. The van der Waals surface area contributed by atoms with Crippen LogP contribution in [0.3, 0.4) is 0 Å². The third-order valence-electron chi connectivity index (χ3n) is 3.06. The van der Waals surface area contributed by atoms with Gasteiger partial charge in [-0.05, 0) is 18.2 Å². The second-order valence-electron chi connectivity index (χ2n) is 4.04. The van der Waals surface area contributed by atoms with Crippen molar-refractivity contribution in [3.05, 3.63) is 24.4 Å². The minimum Gasteiger partial charge on any atom is -0.489 e. The average Bonchev–Trinajstić information content (AvgIpc) is 2.38. The quantitative estimate of drug-likeness (QED) is 0.703. The van der Waals surface area contributed by atoms with E-state index in [4.69, 9.17) is 9.16 Å². The van der Waals surface area contributed by atoms with Crippen molar-refractivity contribution in [2.45, 2.75) is 0 Å². The van der Waals surface area contributed by atoms with Crippen molar-refractivity contribution in [3.8, 4) is 11.6 Å². The second kappa shape index (κ2) is 3.73. The summed E-state index contributed by atoms with van der Waals surface area (Å²) in [7, 11) is 2.06. The Bertz CT molecular complexity index is 595. The molecule has 4 heteroatoms. The third-order valence-corrected chi connectivity index (χ3v) is 3.06. The molecule has 1 aliphatic rings. The predicted octanol–water partition coefficient (Wildman–Crippen LogP) is 2.14. The van der Waals surface area contributed by atoms with Gasteiger partial charge in [-0.2, -0.15) is 4.98 Å². The number of likely N-dealkylation sites (N-methyl/N-ethyl adjacent to an activating group) is 1. The number of hydrogen-bond acceptors (Lipinski definition) is 3. The van der Waals surface area contributed by atoms with Crippen molar-refractivity contribution in [2.24, 2.45) is 0 Å². The molecule has 0 fully saturated rings. The maximum absolute atomic E-state index is 5.76. The van der Waals surface area contributed by atoms with Crippen LogP contribution in [0.15, 0.2) is 24.4 Å². The van der Waals surface area contributed by atoms with Crippen LogP contribution in [0, 0.1) is 0 Å². The van der Waals surface area contributed by atoms with Gasteiger partial charge in [-0.1, -0.05) is 0 Å². The van der Waals surface area contributed by atoms with Crippen molar-refractivity contribution in [1.82, 2.24) is 4.98 Å². The third kappa shape index (κ3) is 1.45. The highest BCUT2D eigenvalue weighted by atomic mass is 16.5. The number of carbonyl (C=O) groups excluding carboxylic acids is 1. The van der Waals surface area contributed by atoms with E-state index in [9.17, 15) is 0 Å². The number of nitrogens with zero attached hydrogens (tertiary/aromatic N) is 2. The van der Waals surface area contributed by atoms with Crippen molar-refractivity contribution in [1.29, 1.82) is 0 Å². The topological polar surface area (TPSA) is 36.7 Å². The van der Waals surface area contributed by atoms with E-state index in [1.807, 2.05) is 18.2 Å². The summed E-state index contributed by atoms with van der Waals surface area (Å²) in [6.45, 7) is 5.02. The molecule has 0 spiro atoms. The van der Waals surface area contributed by atoms with Gasteiger partial charge in [-0.25, -0.2) is 4.42 Å². The van der Waals surface area contributed by atoms with E-state index in [1.54, 1.807) is 6.20 Å². The summed E-state index contributed by atoms with van der Waals surface area (Å²) in [4.78, 5) is 6.32. The predicted molar refractivity (Wildman–Crippen MR) is 67.1 cm³/mol. The standard InChI is InChI=1S/C13H13N2O2/c1-15-7-8-17-12-9-5-6-14-13(16-2)10(9)3-4-11(12)15/h3-6H,2,7-8H2,1H3/q+1. The Labute approximate surface area is 99.1 Å². The van der Waals surface area contributed by atoms with Crippen LogP contribution < -0.4 is 9.64 Å². The van der Waals surface area contributed by atoms with E-state index >= 15 is 0 Å². The van der Waals surface area contributed by atoms with Gasteiger partial charge in [0.25, 0.3) is 6.79 Å².